The first-order valence-corrected chi connectivity index (χ1v) is 10.5. The van der Waals surface area contributed by atoms with Crippen molar-refractivity contribution >= 4 is 27.8 Å². The molecule has 0 spiro atoms. The summed E-state index contributed by atoms with van der Waals surface area (Å²) in [4.78, 5) is 20.8. The van der Waals surface area contributed by atoms with Gasteiger partial charge in [-0.25, -0.2) is 4.79 Å². The maximum absolute atomic E-state index is 12.8. The minimum absolute atomic E-state index is 0.381. The predicted molar refractivity (Wildman–Crippen MR) is 128 cm³/mol. The second kappa shape index (κ2) is 8.67. The van der Waals surface area contributed by atoms with Crippen molar-refractivity contribution in [1.29, 1.82) is 0 Å². The lowest BCUT2D eigenvalue weighted by atomic mass is 10.0. The van der Waals surface area contributed by atoms with E-state index in [1.54, 1.807) is 13.3 Å². The van der Waals surface area contributed by atoms with Gasteiger partial charge in [0.1, 0.15) is 12.2 Å². The van der Waals surface area contributed by atoms with E-state index in [1.807, 2.05) is 72.8 Å². The summed E-state index contributed by atoms with van der Waals surface area (Å²) in [6.07, 6.45) is 1.78. The first-order chi connectivity index (χ1) is 16.2. The number of rotatable bonds is 6. The molecule has 0 unspecified atom stereocenters. The number of pyridine rings is 1. The first-order valence-electron chi connectivity index (χ1n) is 10.5. The lowest BCUT2D eigenvalue weighted by Crippen LogP contribution is -2.06. The Bertz CT molecular complexity index is 1460. The molecule has 6 nitrogen and oxygen atoms in total. The fraction of sp³-hybridized carbons (Fsp3) is 0.111. The van der Waals surface area contributed by atoms with Crippen LogP contribution in [0.3, 0.4) is 0 Å². The molecule has 0 atom stereocenters. The van der Waals surface area contributed by atoms with Crippen molar-refractivity contribution in [2.75, 3.05) is 14.2 Å². The van der Waals surface area contributed by atoms with Gasteiger partial charge in [-0.1, -0.05) is 48.5 Å². The van der Waals surface area contributed by atoms with Crippen LogP contribution in [0.2, 0.25) is 0 Å². The van der Waals surface area contributed by atoms with Crippen LogP contribution in [0.1, 0.15) is 15.9 Å². The number of benzene rings is 3. The molecule has 0 aliphatic carbocycles. The number of H-pyrrole nitrogens is 1. The van der Waals surface area contributed by atoms with E-state index >= 15 is 0 Å². The number of nitrogens with zero attached hydrogens (tertiary/aromatic N) is 1. The maximum Gasteiger partial charge on any atom is 0.342 e. The standard InChI is InChI=1S/C27H22N2O4/c1-31-23-14-18(12-13-22(23)33-16-17-8-4-3-5-9-17)25-24(27(30)32-2)26-20(15-28-25)19-10-6-7-11-21(19)29-26/h3-15,29H,16H2,1-2H3. The van der Waals surface area contributed by atoms with Crippen molar-refractivity contribution < 1.29 is 19.0 Å². The van der Waals surface area contributed by atoms with Crippen molar-refractivity contribution in [2.45, 2.75) is 6.61 Å². The van der Waals surface area contributed by atoms with E-state index in [9.17, 15) is 4.79 Å². The van der Waals surface area contributed by atoms with Crippen LogP contribution >= 0.6 is 0 Å². The van der Waals surface area contributed by atoms with Crippen LogP contribution in [-0.2, 0) is 11.3 Å². The molecule has 2 heterocycles. The number of carbonyl (C=O) groups is 1. The van der Waals surface area contributed by atoms with Crippen LogP contribution in [0, 0.1) is 0 Å². The van der Waals surface area contributed by atoms with Crippen LogP contribution in [-0.4, -0.2) is 30.2 Å². The number of para-hydroxylation sites is 1. The van der Waals surface area contributed by atoms with Gasteiger partial charge in [0, 0.05) is 28.0 Å². The molecule has 0 saturated carbocycles. The zero-order chi connectivity index (χ0) is 22.8. The zero-order valence-corrected chi connectivity index (χ0v) is 18.3. The summed E-state index contributed by atoms with van der Waals surface area (Å²) in [5.41, 5.74) is 4.29. The number of ether oxygens (including phenoxy) is 3. The molecule has 33 heavy (non-hydrogen) atoms. The van der Waals surface area contributed by atoms with Crippen LogP contribution in [0.15, 0.2) is 79.0 Å². The van der Waals surface area contributed by atoms with E-state index in [0.717, 1.165) is 27.4 Å². The summed E-state index contributed by atoms with van der Waals surface area (Å²) in [7, 11) is 2.96. The number of aromatic nitrogens is 2. The highest BCUT2D eigenvalue weighted by molar-refractivity contribution is 6.16. The second-order valence-electron chi connectivity index (χ2n) is 7.57. The van der Waals surface area contributed by atoms with Crippen molar-refractivity contribution in [3.05, 3.63) is 90.1 Å². The Morgan fingerprint density at radius 3 is 2.48 bits per heavy atom. The number of hydrogen-bond donors (Lipinski definition) is 1. The Hall–Kier alpha value is -4.32. The minimum Gasteiger partial charge on any atom is -0.493 e. The van der Waals surface area contributed by atoms with Gasteiger partial charge in [-0.15, -0.1) is 0 Å². The number of carbonyl (C=O) groups excluding carboxylic acids is 1. The lowest BCUT2D eigenvalue weighted by molar-refractivity contribution is 0.0603. The van der Waals surface area contributed by atoms with Crippen LogP contribution < -0.4 is 9.47 Å². The molecule has 0 fully saturated rings. The summed E-state index contributed by atoms with van der Waals surface area (Å²) >= 11 is 0. The normalized spacial score (nSPS) is 11.0. The van der Waals surface area contributed by atoms with Gasteiger partial charge in [0.25, 0.3) is 0 Å². The van der Waals surface area contributed by atoms with Crippen LogP contribution in [0.5, 0.6) is 11.5 Å². The third-order valence-corrected chi connectivity index (χ3v) is 5.62. The van der Waals surface area contributed by atoms with Crippen molar-refractivity contribution in [1.82, 2.24) is 9.97 Å². The van der Waals surface area contributed by atoms with Gasteiger partial charge >= 0.3 is 5.97 Å². The van der Waals surface area contributed by atoms with E-state index in [-0.39, 0.29) is 0 Å². The van der Waals surface area contributed by atoms with E-state index in [0.29, 0.717) is 34.9 Å². The fourth-order valence-electron chi connectivity index (χ4n) is 4.00. The van der Waals surface area contributed by atoms with E-state index < -0.39 is 5.97 Å². The Labute approximate surface area is 190 Å². The molecule has 0 radical (unpaired) electrons. The van der Waals surface area contributed by atoms with Gasteiger partial charge in [-0.2, -0.15) is 0 Å². The summed E-state index contributed by atoms with van der Waals surface area (Å²) in [6, 6.07) is 23.3. The second-order valence-corrected chi connectivity index (χ2v) is 7.57. The van der Waals surface area contributed by atoms with Gasteiger partial charge in [-0.3, -0.25) is 4.98 Å². The van der Waals surface area contributed by atoms with E-state index in [4.69, 9.17) is 14.2 Å². The fourth-order valence-corrected chi connectivity index (χ4v) is 4.00. The number of methoxy groups -OCH3 is 2. The lowest BCUT2D eigenvalue weighted by Gasteiger charge is -2.14. The Kier molecular flexibility index (Phi) is 5.40. The van der Waals surface area contributed by atoms with Gasteiger partial charge in [-0.05, 0) is 29.8 Å². The summed E-state index contributed by atoms with van der Waals surface area (Å²) in [5.74, 6) is 0.701. The van der Waals surface area contributed by atoms with Gasteiger partial charge in [0.2, 0.25) is 0 Å². The molecular weight excluding hydrogens is 416 g/mol. The minimum atomic E-state index is -0.460. The highest BCUT2D eigenvalue weighted by Gasteiger charge is 2.22. The quantitative estimate of drug-likeness (QED) is 0.341. The molecule has 3 aromatic carbocycles. The van der Waals surface area contributed by atoms with Crippen molar-refractivity contribution in [3.63, 3.8) is 0 Å². The van der Waals surface area contributed by atoms with Gasteiger partial charge in [0.05, 0.1) is 25.4 Å². The topological polar surface area (TPSA) is 73.4 Å². The van der Waals surface area contributed by atoms with Gasteiger partial charge in [0.15, 0.2) is 11.5 Å². The predicted octanol–water partition coefficient (Wildman–Crippen LogP) is 5.76. The average molecular weight is 438 g/mol. The van der Waals surface area contributed by atoms with Crippen molar-refractivity contribution in [2.24, 2.45) is 0 Å². The maximum atomic E-state index is 12.8. The Morgan fingerprint density at radius 2 is 1.70 bits per heavy atom. The summed E-state index contributed by atoms with van der Waals surface area (Å²) < 4.78 is 16.7. The molecule has 6 heteroatoms. The monoisotopic (exact) mass is 438 g/mol. The number of esters is 1. The molecule has 5 aromatic rings. The molecule has 0 saturated heterocycles. The molecule has 0 aliphatic heterocycles. The zero-order valence-electron chi connectivity index (χ0n) is 18.3. The number of fused-ring (bicyclic) bond motifs is 3. The van der Waals surface area contributed by atoms with Crippen LogP contribution in [0.25, 0.3) is 33.1 Å². The van der Waals surface area contributed by atoms with Crippen molar-refractivity contribution in [3.8, 4) is 22.8 Å². The van der Waals surface area contributed by atoms with E-state index in [1.165, 1.54) is 7.11 Å². The number of nitrogens with one attached hydrogen (secondary N) is 1. The van der Waals surface area contributed by atoms with E-state index in [2.05, 4.69) is 9.97 Å². The molecule has 2 aromatic heterocycles. The average Bonchev–Trinajstić information content (AvgIpc) is 3.25. The molecule has 0 bridgehead atoms. The molecular formula is C27H22N2O4. The highest BCUT2D eigenvalue weighted by atomic mass is 16.5. The molecule has 0 aliphatic rings. The summed E-state index contributed by atoms with van der Waals surface area (Å²) in [6.45, 7) is 0.420. The Morgan fingerprint density at radius 1 is 0.909 bits per heavy atom. The Balaban J connectivity index is 1.59. The SMILES string of the molecule is COC(=O)c1c(-c2ccc(OCc3ccccc3)c(OC)c2)ncc2c1[nH]c1ccccc12. The highest BCUT2D eigenvalue weighted by Crippen LogP contribution is 2.37. The first kappa shape index (κ1) is 20.6. The molecule has 1 N–H and O–H groups in total. The molecule has 5 rings (SSSR count). The van der Waals surface area contributed by atoms with Gasteiger partial charge < -0.3 is 19.2 Å². The molecule has 164 valence electrons. The third-order valence-electron chi connectivity index (χ3n) is 5.62. The van der Waals surface area contributed by atoms with Crippen LogP contribution in [0.4, 0.5) is 0 Å². The number of hydrogen-bond acceptors (Lipinski definition) is 5. The third kappa shape index (κ3) is 3.76. The summed E-state index contributed by atoms with van der Waals surface area (Å²) in [5, 5.41) is 1.86. The molecule has 0 amide bonds. The largest absolute Gasteiger partial charge is 0.493 e. The smallest absolute Gasteiger partial charge is 0.342 e. The number of aromatic amines is 1.